The van der Waals surface area contributed by atoms with E-state index in [-0.39, 0.29) is 5.78 Å². The summed E-state index contributed by atoms with van der Waals surface area (Å²) in [4.78, 5) is 34.7. The lowest BCUT2D eigenvalue weighted by molar-refractivity contribution is -0.136. The summed E-state index contributed by atoms with van der Waals surface area (Å²) < 4.78 is 0. The summed E-state index contributed by atoms with van der Waals surface area (Å²) in [7, 11) is 0. The number of Topliss-reactive ketones (excluding diaryl/α,β-unsaturated/α-hetero) is 1. The van der Waals surface area contributed by atoms with Gasteiger partial charge >= 0.3 is 11.8 Å². The highest BCUT2D eigenvalue weighted by molar-refractivity contribution is 6.39. The average molecular weight is 324 g/mol. The number of amides is 2. The summed E-state index contributed by atoms with van der Waals surface area (Å²) in [6, 6.07) is 16.4. The molecule has 0 atom stereocenters. The van der Waals surface area contributed by atoms with Crippen molar-refractivity contribution >= 4 is 23.3 Å². The van der Waals surface area contributed by atoms with E-state index in [1.165, 1.54) is 12.5 Å². The highest BCUT2D eigenvalue weighted by Gasteiger charge is 2.13. The standard InChI is InChI=1S/C19H20N2O3/c1-14(22)16-9-11-17(12-10-16)21-19(24)18(23)20-13-5-8-15-6-3-2-4-7-15/h2-4,6-7,9-12H,5,8,13H2,1H3,(H,20,23)(H,21,24). The second kappa shape index (κ2) is 8.62. The second-order valence-corrected chi connectivity index (χ2v) is 5.43. The fourth-order valence-electron chi connectivity index (χ4n) is 2.20. The van der Waals surface area contributed by atoms with Crippen LogP contribution in [0.1, 0.15) is 29.3 Å². The Kier molecular flexibility index (Phi) is 6.25. The van der Waals surface area contributed by atoms with Gasteiger partial charge in [-0.25, -0.2) is 0 Å². The Balaban J connectivity index is 1.73. The van der Waals surface area contributed by atoms with Crippen LogP contribution in [0.2, 0.25) is 0 Å². The highest BCUT2D eigenvalue weighted by atomic mass is 16.2. The Hall–Kier alpha value is -2.95. The SMILES string of the molecule is CC(=O)c1ccc(NC(=O)C(=O)NCCCc2ccccc2)cc1. The van der Waals surface area contributed by atoms with E-state index < -0.39 is 11.8 Å². The second-order valence-electron chi connectivity index (χ2n) is 5.43. The first-order valence-corrected chi connectivity index (χ1v) is 7.80. The van der Waals surface area contributed by atoms with E-state index in [0.717, 1.165) is 12.8 Å². The number of carbonyl (C=O) groups excluding carboxylic acids is 3. The van der Waals surface area contributed by atoms with Gasteiger partial charge in [0.1, 0.15) is 0 Å². The fraction of sp³-hybridized carbons (Fsp3) is 0.211. The van der Waals surface area contributed by atoms with Crippen molar-refractivity contribution in [1.29, 1.82) is 0 Å². The average Bonchev–Trinajstić information content (AvgIpc) is 2.60. The molecule has 24 heavy (non-hydrogen) atoms. The first-order valence-electron chi connectivity index (χ1n) is 7.80. The van der Waals surface area contributed by atoms with Gasteiger partial charge in [-0.1, -0.05) is 30.3 Å². The summed E-state index contributed by atoms with van der Waals surface area (Å²) in [6.45, 7) is 1.90. The number of ketones is 1. The molecule has 5 heteroatoms. The molecule has 0 radical (unpaired) electrons. The van der Waals surface area contributed by atoms with Crippen LogP contribution in [0.15, 0.2) is 54.6 Å². The van der Waals surface area contributed by atoms with E-state index >= 15 is 0 Å². The minimum absolute atomic E-state index is 0.0518. The molecule has 0 aliphatic carbocycles. The molecule has 124 valence electrons. The Labute approximate surface area is 141 Å². The van der Waals surface area contributed by atoms with Gasteiger partial charge in [-0.05, 0) is 49.6 Å². The molecular weight excluding hydrogens is 304 g/mol. The van der Waals surface area contributed by atoms with E-state index in [0.29, 0.717) is 17.8 Å². The van der Waals surface area contributed by atoms with Crippen LogP contribution in [0.3, 0.4) is 0 Å². The van der Waals surface area contributed by atoms with Crippen LogP contribution in [0.5, 0.6) is 0 Å². The van der Waals surface area contributed by atoms with Crippen LogP contribution in [-0.2, 0) is 16.0 Å². The predicted molar refractivity (Wildman–Crippen MR) is 92.8 cm³/mol. The molecule has 0 unspecified atom stereocenters. The number of anilines is 1. The Morgan fingerprint density at radius 2 is 1.54 bits per heavy atom. The van der Waals surface area contributed by atoms with Crippen molar-refractivity contribution in [3.63, 3.8) is 0 Å². The van der Waals surface area contributed by atoms with Crippen LogP contribution in [0.25, 0.3) is 0 Å². The van der Waals surface area contributed by atoms with Crippen LogP contribution < -0.4 is 10.6 Å². The van der Waals surface area contributed by atoms with Crippen molar-refractivity contribution in [2.24, 2.45) is 0 Å². The lowest BCUT2D eigenvalue weighted by Crippen LogP contribution is -2.36. The summed E-state index contributed by atoms with van der Waals surface area (Å²) >= 11 is 0. The molecule has 0 aliphatic heterocycles. The van der Waals surface area contributed by atoms with Crippen LogP contribution in [-0.4, -0.2) is 24.1 Å². The predicted octanol–water partition coefficient (Wildman–Crippen LogP) is 2.58. The zero-order chi connectivity index (χ0) is 17.4. The molecule has 0 saturated heterocycles. The molecule has 2 amide bonds. The fourth-order valence-corrected chi connectivity index (χ4v) is 2.20. The molecule has 0 fully saturated rings. The number of rotatable bonds is 6. The van der Waals surface area contributed by atoms with E-state index in [1.807, 2.05) is 30.3 Å². The topological polar surface area (TPSA) is 75.3 Å². The van der Waals surface area contributed by atoms with Crippen molar-refractivity contribution in [2.45, 2.75) is 19.8 Å². The van der Waals surface area contributed by atoms with Gasteiger partial charge in [-0.15, -0.1) is 0 Å². The van der Waals surface area contributed by atoms with Crippen molar-refractivity contribution in [1.82, 2.24) is 5.32 Å². The summed E-state index contributed by atoms with van der Waals surface area (Å²) in [5.41, 5.74) is 2.23. The molecule has 0 saturated carbocycles. The maximum absolute atomic E-state index is 11.8. The number of benzene rings is 2. The molecule has 0 aromatic heterocycles. The summed E-state index contributed by atoms with van der Waals surface area (Å²) in [5.74, 6) is -1.44. The van der Waals surface area contributed by atoms with E-state index in [4.69, 9.17) is 0 Å². The third kappa shape index (κ3) is 5.35. The largest absolute Gasteiger partial charge is 0.348 e. The third-order valence-corrected chi connectivity index (χ3v) is 3.53. The molecular formula is C19H20N2O3. The van der Waals surface area contributed by atoms with Crippen molar-refractivity contribution < 1.29 is 14.4 Å². The van der Waals surface area contributed by atoms with Gasteiger partial charge in [0, 0.05) is 17.8 Å². The number of nitrogens with one attached hydrogen (secondary N) is 2. The van der Waals surface area contributed by atoms with E-state index in [9.17, 15) is 14.4 Å². The van der Waals surface area contributed by atoms with Gasteiger partial charge in [0.05, 0.1) is 0 Å². The molecule has 2 rings (SSSR count). The van der Waals surface area contributed by atoms with Crippen molar-refractivity contribution in [2.75, 3.05) is 11.9 Å². The highest BCUT2D eigenvalue weighted by Crippen LogP contribution is 2.09. The molecule has 0 bridgehead atoms. The monoisotopic (exact) mass is 324 g/mol. The van der Waals surface area contributed by atoms with Gasteiger partial charge in [-0.3, -0.25) is 14.4 Å². The first kappa shape index (κ1) is 17.4. The van der Waals surface area contributed by atoms with E-state index in [2.05, 4.69) is 10.6 Å². The van der Waals surface area contributed by atoms with Crippen LogP contribution in [0.4, 0.5) is 5.69 Å². The smallest absolute Gasteiger partial charge is 0.313 e. The van der Waals surface area contributed by atoms with Gasteiger partial charge in [0.15, 0.2) is 5.78 Å². The maximum atomic E-state index is 11.8. The van der Waals surface area contributed by atoms with Crippen molar-refractivity contribution in [3.05, 3.63) is 65.7 Å². The zero-order valence-electron chi connectivity index (χ0n) is 13.5. The molecule has 0 spiro atoms. The molecule has 5 nitrogen and oxygen atoms in total. The van der Waals surface area contributed by atoms with Gasteiger partial charge in [-0.2, -0.15) is 0 Å². The number of hydrogen-bond acceptors (Lipinski definition) is 3. The van der Waals surface area contributed by atoms with Gasteiger partial charge < -0.3 is 10.6 Å². The van der Waals surface area contributed by atoms with Gasteiger partial charge in [0.2, 0.25) is 0 Å². The molecule has 2 N–H and O–H groups in total. The van der Waals surface area contributed by atoms with Crippen molar-refractivity contribution in [3.8, 4) is 0 Å². The Bertz CT molecular complexity index is 709. The minimum Gasteiger partial charge on any atom is -0.348 e. The first-order chi connectivity index (χ1) is 11.6. The lowest BCUT2D eigenvalue weighted by Gasteiger charge is -2.07. The van der Waals surface area contributed by atoms with Crippen LogP contribution >= 0.6 is 0 Å². The summed E-state index contributed by atoms with van der Waals surface area (Å²) in [5, 5.41) is 5.10. The Morgan fingerprint density at radius 3 is 2.17 bits per heavy atom. The molecule has 2 aromatic carbocycles. The van der Waals surface area contributed by atoms with E-state index in [1.54, 1.807) is 24.3 Å². The molecule has 0 heterocycles. The minimum atomic E-state index is -0.717. The van der Waals surface area contributed by atoms with Crippen LogP contribution in [0, 0.1) is 0 Å². The number of carbonyl (C=O) groups is 3. The Morgan fingerprint density at radius 1 is 0.875 bits per heavy atom. The number of hydrogen-bond donors (Lipinski definition) is 2. The molecule has 0 aliphatic rings. The maximum Gasteiger partial charge on any atom is 0.313 e. The third-order valence-electron chi connectivity index (χ3n) is 3.53. The normalized spacial score (nSPS) is 10.0. The zero-order valence-corrected chi connectivity index (χ0v) is 13.5. The summed E-state index contributed by atoms with van der Waals surface area (Å²) in [6.07, 6.45) is 1.60. The lowest BCUT2D eigenvalue weighted by atomic mass is 10.1. The quantitative estimate of drug-likeness (QED) is 0.487. The van der Waals surface area contributed by atoms with Gasteiger partial charge in [0.25, 0.3) is 0 Å². The number of aryl methyl sites for hydroxylation is 1. The molecule has 2 aromatic rings.